The van der Waals surface area contributed by atoms with E-state index in [9.17, 15) is 14.4 Å². The number of hydroxylamine groups is 2. The molecule has 6 heteroatoms. The molecular weight excluding hydrogens is 250 g/mol. The Morgan fingerprint density at radius 1 is 1.16 bits per heavy atom. The summed E-state index contributed by atoms with van der Waals surface area (Å²) >= 11 is 0. The van der Waals surface area contributed by atoms with Crippen LogP contribution in [0.3, 0.4) is 0 Å². The monoisotopic (exact) mass is 273 g/mol. The Bertz CT molecular complexity index is 316. The number of nitrogens with zero attached hydrogens (tertiary/aromatic N) is 1. The Balaban J connectivity index is 4.66. The van der Waals surface area contributed by atoms with Crippen molar-refractivity contribution in [1.29, 1.82) is 0 Å². The number of carboxylic acids is 1. The van der Waals surface area contributed by atoms with Crippen molar-refractivity contribution in [2.24, 2.45) is 0 Å². The molecular formula is C13H23NO5. The maximum Gasteiger partial charge on any atom is 0.328 e. The highest BCUT2D eigenvalue weighted by Gasteiger charge is 2.30. The van der Waals surface area contributed by atoms with Crippen LogP contribution in [0.4, 0.5) is 0 Å². The summed E-state index contributed by atoms with van der Waals surface area (Å²) in [5.41, 5.74) is 0. The predicted octanol–water partition coefficient (Wildman–Crippen LogP) is 1.78. The van der Waals surface area contributed by atoms with Crippen molar-refractivity contribution in [3.8, 4) is 0 Å². The molecule has 0 rings (SSSR count). The van der Waals surface area contributed by atoms with Gasteiger partial charge in [0.05, 0.1) is 6.61 Å². The summed E-state index contributed by atoms with van der Waals surface area (Å²) in [6, 6.07) is -1.17. The molecule has 0 saturated heterocycles. The van der Waals surface area contributed by atoms with Gasteiger partial charge >= 0.3 is 11.9 Å². The number of hydrogen-bond acceptors (Lipinski definition) is 4. The van der Waals surface area contributed by atoms with Crippen molar-refractivity contribution < 1.29 is 24.3 Å². The number of ketones is 1. The summed E-state index contributed by atoms with van der Waals surface area (Å²) in [4.78, 5) is 39.6. The van der Waals surface area contributed by atoms with E-state index in [-0.39, 0.29) is 13.0 Å². The van der Waals surface area contributed by atoms with E-state index < -0.39 is 23.7 Å². The molecule has 0 fully saturated rings. The Morgan fingerprint density at radius 3 is 2.21 bits per heavy atom. The van der Waals surface area contributed by atoms with E-state index in [0.717, 1.165) is 12.8 Å². The van der Waals surface area contributed by atoms with Gasteiger partial charge in [-0.1, -0.05) is 26.7 Å². The number of carbonyl (C=O) groups excluding carboxylic acids is 2. The van der Waals surface area contributed by atoms with Crippen molar-refractivity contribution in [2.45, 2.75) is 58.9 Å². The van der Waals surface area contributed by atoms with E-state index >= 15 is 0 Å². The third-order valence-corrected chi connectivity index (χ3v) is 2.63. The number of amides is 1. The van der Waals surface area contributed by atoms with Crippen molar-refractivity contribution in [2.75, 3.05) is 6.61 Å². The normalized spacial score (nSPS) is 11.9. The Morgan fingerprint density at radius 2 is 1.74 bits per heavy atom. The molecule has 0 saturated carbocycles. The minimum absolute atomic E-state index is 0.120. The van der Waals surface area contributed by atoms with Crippen LogP contribution in [0.15, 0.2) is 0 Å². The number of rotatable bonds is 10. The predicted molar refractivity (Wildman–Crippen MR) is 69.3 cm³/mol. The largest absolute Gasteiger partial charge is 0.480 e. The second-order valence-corrected chi connectivity index (χ2v) is 4.36. The van der Waals surface area contributed by atoms with Gasteiger partial charge in [-0.05, 0) is 19.8 Å². The molecule has 0 aromatic heterocycles. The highest BCUT2D eigenvalue weighted by Crippen LogP contribution is 2.07. The minimum Gasteiger partial charge on any atom is -0.480 e. The molecule has 1 amide bonds. The lowest BCUT2D eigenvalue weighted by atomic mass is 10.1. The Kier molecular flexibility index (Phi) is 8.78. The maximum atomic E-state index is 11.9. The molecule has 0 radical (unpaired) electrons. The number of carboxylic acid groups (broad SMARTS) is 1. The molecule has 0 spiro atoms. The van der Waals surface area contributed by atoms with Gasteiger partial charge in [0, 0.05) is 6.42 Å². The lowest BCUT2D eigenvalue weighted by Gasteiger charge is -2.24. The van der Waals surface area contributed by atoms with Gasteiger partial charge in [-0.25, -0.2) is 9.86 Å². The van der Waals surface area contributed by atoms with Gasteiger partial charge in [-0.3, -0.25) is 14.4 Å². The fourth-order valence-electron chi connectivity index (χ4n) is 1.32. The molecule has 0 aliphatic heterocycles. The van der Waals surface area contributed by atoms with Crippen LogP contribution in [0, 0.1) is 0 Å². The van der Waals surface area contributed by atoms with Crippen LogP contribution >= 0.6 is 0 Å². The Hall–Kier alpha value is -1.43. The van der Waals surface area contributed by atoms with Crippen LogP contribution < -0.4 is 0 Å². The standard InChI is InChI=1S/C13H23NO5/c1-4-6-8-11(15)12(16)14(10(3)13(17)18)19-9-7-5-2/h10H,4-9H2,1-3H3,(H,17,18)/t10-/m0/s1. The topological polar surface area (TPSA) is 83.9 Å². The molecule has 0 aromatic carbocycles. The smallest absolute Gasteiger partial charge is 0.328 e. The zero-order valence-electron chi connectivity index (χ0n) is 11.8. The highest BCUT2D eigenvalue weighted by atomic mass is 16.7. The van der Waals surface area contributed by atoms with Crippen molar-refractivity contribution in [3.63, 3.8) is 0 Å². The fraction of sp³-hybridized carbons (Fsp3) is 0.769. The molecule has 1 atom stereocenters. The first-order chi connectivity index (χ1) is 8.95. The summed E-state index contributed by atoms with van der Waals surface area (Å²) < 4.78 is 0. The van der Waals surface area contributed by atoms with Gasteiger partial charge in [0.15, 0.2) is 6.04 Å². The van der Waals surface area contributed by atoms with E-state index in [1.54, 1.807) is 0 Å². The SMILES string of the molecule is CCCCON(C(=O)C(=O)CCCC)[C@@H](C)C(=O)O. The zero-order valence-corrected chi connectivity index (χ0v) is 11.8. The number of unbranched alkanes of at least 4 members (excludes halogenated alkanes) is 2. The molecule has 0 heterocycles. The van der Waals surface area contributed by atoms with Gasteiger partial charge in [-0.15, -0.1) is 0 Å². The number of carbonyl (C=O) groups is 3. The summed E-state index contributed by atoms with van der Waals surface area (Å²) in [5.74, 6) is -2.68. The summed E-state index contributed by atoms with van der Waals surface area (Å²) in [5, 5.41) is 9.62. The van der Waals surface area contributed by atoms with Crippen LogP contribution in [0.1, 0.15) is 52.9 Å². The number of Topliss-reactive ketones (excluding diaryl/α,β-unsaturated/α-hetero) is 1. The first-order valence-electron chi connectivity index (χ1n) is 6.67. The summed E-state index contributed by atoms with van der Waals surface area (Å²) in [6.07, 6.45) is 3.07. The molecule has 0 aromatic rings. The third-order valence-electron chi connectivity index (χ3n) is 2.63. The second-order valence-electron chi connectivity index (χ2n) is 4.36. The average Bonchev–Trinajstić information content (AvgIpc) is 2.39. The van der Waals surface area contributed by atoms with Crippen molar-refractivity contribution in [3.05, 3.63) is 0 Å². The van der Waals surface area contributed by atoms with Crippen LogP contribution in [0.2, 0.25) is 0 Å². The third kappa shape index (κ3) is 6.33. The van der Waals surface area contributed by atoms with Crippen molar-refractivity contribution in [1.82, 2.24) is 5.06 Å². The van der Waals surface area contributed by atoms with Crippen molar-refractivity contribution >= 4 is 17.7 Å². The molecule has 0 aliphatic rings. The lowest BCUT2D eigenvalue weighted by Crippen LogP contribution is -2.46. The Labute approximate surface area is 113 Å². The minimum atomic E-state index is -1.20. The van der Waals surface area contributed by atoms with Gasteiger partial charge in [-0.2, -0.15) is 0 Å². The number of aliphatic carboxylic acids is 1. The van der Waals surface area contributed by atoms with E-state index in [0.29, 0.717) is 17.9 Å². The zero-order chi connectivity index (χ0) is 14.8. The highest BCUT2D eigenvalue weighted by molar-refractivity contribution is 6.36. The van der Waals surface area contributed by atoms with Gasteiger partial charge in [0.2, 0.25) is 5.78 Å². The van der Waals surface area contributed by atoms with Gasteiger partial charge < -0.3 is 5.11 Å². The summed E-state index contributed by atoms with van der Waals surface area (Å²) in [7, 11) is 0. The first kappa shape index (κ1) is 17.6. The molecule has 0 unspecified atom stereocenters. The maximum absolute atomic E-state index is 11.9. The van der Waals surface area contributed by atoms with Crippen LogP contribution in [-0.4, -0.2) is 40.5 Å². The molecule has 19 heavy (non-hydrogen) atoms. The van der Waals surface area contributed by atoms with Crippen LogP contribution in [-0.2, 0) is 19.2 Å². The van der Waals surface area contributed by atoms with Crippen LogP contribution in [0.25, 0.3) is 0 Å². The average molecular weight is 273 g/mol. The molecule has 0 aliphatic carbocycles. The molecule has 0 bridgehead atoms. The fourth-order valence-corrected chi connectivity index (χ4v) is 1.32. The first-order valence-corrected chi connectivity index (χ1v) is 6.67. The lowest BCUT2D eigenvalue weighted by molar-refractivity contribution is -0.205. The summed E-state index contributed by atoms with van der Waals surface area (Å²) in [6.45, 7) is 5.40. The van der Waals surface area contributed by atoms with E-state index in [1.165, 1.54) is 6.92 Å². The second kappa shape index (κ2) is 9.49. The van der Waals surface area contributed by atoms with E-state index in [1.807, 2.05) is 13.8 Å². The van der Waals surface area contributed by atoms with Gasteiger partial charge in [0.25, 0.3) is 0 Å². The van der Waals surface area contributed by atoms with E-state index in [4.69, 9.17) is 9.94 Å². The number of hydrogen-bond donors (Lipinski definition) is 1. The molecule has 1 N–H and O–H groups in total. The molecule has 6 nitrogen and oxygen atoms in total. The quantitative estimate of drug-likeness (QED) is 0.372. The van der Waals surface area contributed by atoms with Gasteiger partial charge in [0.1, 0.15) is 0 Å². The van der Waals surface area contributed by atoms with Crippen LogP contribution in [0.5, 0.6) is 0 Å². The molecule has 110 valence electrons. The van der Waals surface area contributed by atoms with E-state index in [2.05, 4.69) is 0 Å².